The maximum Gasteiger partial charge on any atom is 0.224 e. The molecule has 1 fully saturated rings. The molecule has 0 unspecified atom stereocenters. The van der Waals surface area contributed by atoms with Crippen LogP contribution in [0.5, 0.6) is 0 Å². The predicted octanol–water partition coefficient (Wildman–Crippen LogP) is 3.58. The zero-order valence-corrected chi connectivity index (χ0v) is 12.7. The average Bonchev–Trinajstić information content (AvgIpc) is 2.66. The maximum atomic E-state index is 12.4. The topological polar surface area (TPSA) is 29.1 Å². The van der Waals surface area contributed by atoms with Crippen LogP contribution in [0.3, 0.4) is 0 Å². The fourth-order valence-corrected chi connectivity index (χ4v) is 3.28. The van der Waals surface area contributed by atoms with Gasteiger partial charge in [-0.2, -0.15) is 0 Å². The summed E-state index contributed by atoms with van der Waals surface area (Å²) in [6.45, 7) is 12.8. The van der Waals surface area contributed by atoms with Crippen molar-refractivity contribution < 1.29 is 4.79 Å². The average molecular weight is 260 g/mol. The molecule has 100 valence electrons. The van der Waals surface area contributed by atoms with Crippen LogP contribution in [0.2, 0.25) is 0 Å². The highest BCUT2D eigenvalue weighted by Crippen LogP contribution is 2.68. The second kappa shape index (κ2) is 4.46. The Morgan fingerprint density at radius 2 is 1.59 bits per heavy atom. The molecule has 0 heterocycles. The van der Waals surface area contributed by atoms with Gasteiger partial charge in [-0.15, -0.1) is 11.6 Å². The van der Waals surface area contributed by atoms with Crippen LogP contribution in [0, 0.1) is 16.7 Å². The molecule has 2 nitrogen and oxygen atoms in total. The van der Waals surface area contributed by atoms with Gasteiger partial charge in [0.2, 0.25) is 5.91 Å². The predicted molar refractivity (Wildman–Crippen MR) is 73.2 cm³/mol. The number of hydrogen-bond acceptors (Lipinski definition) is 1. The van der Waals surface area contributed by atoms with Gasteiger partial charge in [-0.3, -0.25) is 4.79 Å². The fraction of sp³-hybridized carbons (Fsp3) is 0.929. The lowest BCUT2D eigenvalue weighted by molar-refractivity contribution is -0.125. The highest BCUT2D eigenvalue weighted by molar-refractivity contribution is 6.18. The normalized spacial score (nSPS) is 22.3. The Labute approximate surface area is 110 Å². The number of halogens is 1. The molecule has 0 aromatic carbocycles. The lowest BCUT2D eigenvalue weighted by Gasteiger charge is -2.31. The van der Waals surface area contributed by atoms with Gasteiger partial charge in [0.05, 0.1) is 5.54 Å². The Hall–Kier alpha value is -0.240. The summed E-state index contributed by atoms with van der Waals surface area (Å²) in [6.07, 6.45) is 1.76. The molecule has 1 amide bonds. The summed E-state index contributed by atoms with van der Waals surface area (Å²) in [4.78, 5) is 12.4. The zero-order valence-electron chi connectivity index (χ0n) is 12.0. The minimum Gasteiger partial charge on any atom is -0.349 e. The van der Waals surface area contributed by atoms with Gasteiger partial charge in [-0.05, 0) is 23.7 Å². The molecule has 1 N–H and O–H groups in total. The lowest BCUT2D eigenvalue weighted by Crippen LogP contribution is -2.50. The van der Waals surface area contributed by atoms with Crippen molar-refractivity contribution in [1.82, 2.24) is 5.32 Å². The van der Waals surface area contributed by atoms with Crippen LogP contribution in [-0.4, -0.2) is 17.3 Å². The molecule has 0 saturated heterocycles. The van der Waals surface area contributed by atoms with E-state index in [1.807, 2.05) is 0 Å². The van der Waals surface area contributed by atoms with E-state index in [0.29, 0.717) is 5.88 Å². The molecule has 1 saturated carbocycles. The van der Waals surface area contributed by atoms with E-state index in [1.165, 1.54) is 0 Å². The summed E-state index contributed by atoms with van der Waals surface area (Å²) in [5, 5.41) is 3.18. The number of carbonyl (C=O) groups excluding carboxylic acids is 1. The van der Waals surface area contributed by atoms with Gasteiger partial charge in [0.25, 0.3) is 0 Å². The van der Waals surface area contributed by atoms with Crippen LogP contribution in [0.1, 0.15) is 54.4 Å². The third-order valence-electron chi connectivity index (χ3n) is 5.28. The van der Waals surface area contributed by atoms with Crippen LogP contribution >= 0.6 is 11.6 Å². The Morgan fingerprint density at radius 1 is 1.18 bits per heavy atom. The van der Waals surface area contributed by atoms with Gasteiger partial charge in [-0.25, -0.2) is 0 Å². The summed E-state index contributed by atoms with van der Waals surface area (Å²) in [5.74, 6) is 0.763. The van der Waals surface area contributed by atoms with Crippen molar-refractivity contribution in [2.24, 2.45) is 16.7 Å². The van der Waals surface area contributed by atoms with E-state index in [1.54, 1.807) is 0 Å². The minimum absolute atomic E-state index is 0.0939. The molecular weight excluding hydrogens is 234 g/mol. The van der Waals surface area contributed by atoms with Crippen molar-refractivity contribution in [2.45, 2.75) is 59.9 Å². The molecule has 1 aliphatic rings. The SMILES string of the molecule is CCC(CC)(CCl)NC(=O)C1C(C)(C)C1(C)C. The summed E-state index contributed by atoms with van der Waals surface area (Å²) in [7, 11) is 0. The van der Waals surface area contributed by atoms with Crippen molar-refractivity contribution in [3.63, 3.8) is 0 Å². The van der Waals surface area contributed by atoms with Crippen LogP contribution in [-0.2, 0) is 4.79 Å². The molecule has 1 aliphatic carbocycles. The standard InChI is InChI=1S/C14H26ClNO/c1-7-14(8-2,9-15)16-11(17)10-12(3,4)13(10,5)6/h10H,7-9H2,1-6H3,(H,16,17). The highest BCUT2D eigenvalue weighted by atomic mass is 35.5. The Kier molecular flexibility index (Phi) is 3.88. The minimum atomic E-state index is -0.229. The maximum absolute atomic E-state index is 12.4. The number of hydrogen-bond donors (Lipinski definition) is 1. The fourth-order valence-electron chi connectivity index (χ4n) is 2.83. The molecule has 0 atom stereocenters. The summed E-state index contributed by atoms with van der Waals surface area (Å²) < 4.78 is 0. The van der Waals surface area contributed by atoms with Gasteiger partial charge >= 0.3 is 0 Å². The monoisotopic (exact) mass is 259 g/mol. The first-order valence-electron chi connectivity index (χ1n) is 6.56. The zero-order chi connectivity index (χ0) is 13.5. The van der Waals surface area contributed by atoms with Gasteiger partial charge in [-0.1, -0.05) is 41.5 Å². The molecule has 0 aromatic rings. The van der Waals surface area contributed by atoms with Crippen LogP contribution in [0.25, 0.3) is 0 Å². The molecule has 0 aromatic heterocycles. The number of alkyl halides is 1. The van der Waals surface area contributed by atoms with E-state index in [-0.39, 0.29) is 28.2 Å². The smallest absolute Gasteiger partial charge is 0.224 e. The van der Waals surface area contributed by atoms with Crippen molar-refractivity contribution in [3.05, 3.63) is 0 Å². The van der Waals surface area contributed by atoms with Crippen LogP contribution in [0.15, 0.2) is 0 Å². The first-order chi connectivity index (χ1) is 7.68. The second-order valence-corrected chi connectivity index (χ2v) is 6.75. The Morgan fingerprint density at radius 3 is 1.82 bits per heavy atom. The third kappa shape index (κ3) is 2.21. The molecule has 17 heavy (non-hydrogen) atoms. The molecular formula is C14H26ClNO. The van der Waals surface area contributed by atoms with Crippen LogP contribution < -0.4 is 5.32 Å². The second-order valence-electron chi connectivity index (χ2n) is 6.49. The van der Waals surface area contributed by atoms with E-state index in [0.717, 1.165) is 12.8 Å². The molecule has 0 spiro atoms. The van der Waals surface area contributed by atoms with E-state index in [9.17, 15) is 4.79 Å². The number of rotatable bonds is 5. The van der Waals surface area contributed by atoms with E-state index in [4.69, 9.17) is 11.6 Å². The highest BCUT2D eigenvalue weighted by Gasteiger charge is 2.68. The number of nitrogens with one attached hydrogen (secondary N) is 1. The quantitative estimate of drug-likeness (QED) is 0.752. The largest absolute Gasteiger partial charge is 0.349 e. The van der Waals surface area contributed by atoms with Gasteiger partial charge < -0.3 is 5.32 Å². The Bertz CT molecular complexity index is 283. The number of carbonyl (C=O) groups is 1. The molecule has 1 rings (SSSR count). The first kappa shape index (κ1) is 14.8. The van der Waals surface area contributed by atoms with Crippen molar-refractivity contribution in [3.8, 4) is 0 Å². The lowest BCUT2D eigenvalue weighted by atomic mass is 9.94. The van der Waals surface area contributed by atoms with Crippen LogP contribution in [0.4, 0.5) is 0 Å². The van der Waals surface area contributed by atoms with Crippen molar-refractivity contribution in [1.29, 1.82) is 0 Å². The van der Waals surface area contributed by atoms with E-state index < -0.39 is 0 Å². The molecule has 3 heteroatoms. The summed E-state index contributed by atoms with van der Waals surface area (Å²) in [5.41, 5.74) is -0.0410. The van der Waals surface area contributed by atoms with E-state index >= 15 is 0 Å². The van der Waals surface area contributed by atoms with Crippen molar-refractivity contribution >= 4 is 17.5 Å². The summed E-state index contributed by atoms with van der Waals surface area (Å²) in [6, 6.07) is 0. The third-order valence-corrected chi connectivity index (χ3v) is 5.79. The Balaban J connectivity index is 2.75. The van der Waals surface area contributed by atoms with Gasteiger partial charge in [0, 0.05) is 11.8 Å². The molecule has 0 radical (unpaired) electrons. The van der Waals surface area contributed by atoms with Gasteiger partial charge in [0.1, 0.15) is 0 Å². The first-order valence-corrected chi connectivity index (χ1v) is 7.10. The van der Waals surface area contributed by atoms with Crippen molar-refractivity contribution in [2.75, 3.05) is 5.88 Å². The molecule has 0 aliphatic heterocycles. The summed E-state index contributed by atoms with van der Waals surface area (Å²) >= 11 is 6.02. The van der Waals surface area contributed by atoms with E-state index in [2.05, 4.69) is 46.9 Å². The van der Waals surface area contributed by atoms with Gasteiger partial charge in [0.15, 0.2) is 0 Å². The number of amides is 1. The molecule has 0 bridgehead atoms.